The van der Waals surface area contributed by atoms with Gasteiger partial charge < -0.3 is 5.32 Å². The monoisotopic (exact) mass is 363 g/mol. The van der Waals surface area contributed by atoms with Gasteiger partial charge in [-0.25, -0.2) is 4.98 Å². The summed E-state index contributed by atoms with van der Waals surface area (Å²) >= 11 is 2.19. The van der Waals surface area contributed by atoms with Gasteiger partial charge in [0.05, 0.1) is 11.1 Å². The maximum atomic E-state index is 12.3. The van der Waals surface area contributed by atoms with Crippen LogP contribution in [0.4, 0.5) is 13.2 Å². The number of hydrogen-bond donors (Lipinski definition) is 1. The predicted molar refractivity (Wildman–Crippen MR) is 83.9 cm³/mol. The van der Waals surface area contributed by atoms with Crippen molar-refractivity contribution in [2.45, 2.75) is 17.9 Å². The highest BCUT2D eigenvalue weighted by Crippen LogP contribution is 2.21. The van der Waals surface area contributed by atoms with Gasteiger partial charge in [0.1, 0.15) is 11.4 Å². The van der Waals surface area contributed by atoms with Crippen LogP contribution in [-0.2, 0) is 11.3 Å². The first kappa shape index (κ1) is 17.5. The highest BCUT2D eigenvalue weighted by molar-refractivity contribution is 7.99. The van der Waals surface area contributed by atoms with Crippen molar-refractivity contribution in [1.82, 2.24) is 14.9 Å². The molecule has 0 saturated carbocycles. The smallest absolute Gasteiger partial charge is 0.346 e. The lowest BCUT2D eigenvalue weighted by atomic mass is 10.4. The van der Waals surface area contributed by atoms with Crippen LogP contribution in [0.5, 0.6) is 0 Å². The number of fused-ring (bicyclic) bond motifs is 1. The van der Waals surface area contributed by atoms with E-state index in [2.05, 4.69) is 11.6 Å². The van der Waals surface area contributed by atoms with Gasteiger partial charge in [0.15, 0.2) is 5.16 Å². The summed E-state index contributed by atoms with van der Waals surface area (Å²) in [5.74, 6) is -1.05. The molecule has 5 nitrogen and oxygen atoms in total. The number of rotatable bonds is 6. The normalized spacial score (nSPS) is 11.6. The van der Waals surface area contributed by atoms with Crippen molar-refractivity contribution >= 4 is 39.2 Å². The molecule has 2 aromatic rings. The van der Waals surface area contributed by atoms with E-state index in [1.54, 1.807) is 16.8 Å². The Kier molecular flexibility index (Phi) is 5.47. The topological polar surface area (TPSA) is 64.0 Å². The Morgan fingerprint density at radius 2 is 2.26 bits per heavy atom. The van der Waals surface area contributed by atoms with E-state index < -0.39 is 18.6 Å². The molecule has 0 saturated heterocycles. The highest BCUT2D eigenvalue weighted by atomic mass is 32.2. The molecule has 2 rings (SSSR count). The van der Waals surface area contributed by atoms with Crippen LogP contribution < -0.4 is 10.9 Å². The summed E-state index contributed by atoms with van der Waals surface area (Å²) in [6.07, 6.45) is -2.95. The Bertz CT molecular complexity index is 783. The Morgan fingerprint density at radius 1 is 1.52 bits per heavy atom. The van der Waals surface area contributed by atoms with E-state index in [1.165, 1.54) is 22.0 Å². The van der Waals surface area contributed by atoms with Crippen molar-refractivity contribution in [2.24, 2.45) is 0 Å². The quantitative estimate of drug-likeness (QED) is 0.486. The molecule has 1 N–H and O–H groups in total. The molecule has 0 aromatic carbocycles. The lowest BCUT2D eigenvalue weighted by Gasteiger charge is -2.11. The Balaban J connectivity index is 2.15. The summed E-state index contributed by atoms with van der Waals surface area (Å²) < 4.78 is 37.5. The molecular formula is C13H12F3N3O2S2. The minimum atomic E-state index is -4.46. The summed E-state index contributed by atoms with van der Waals surface area (Å²) in [5, 5.41) is 4.23. The number of hydrogen-bond acceptors (Lipinski definition) is 5. The molecule has 0 aliphatic heterocycles. The molecule has 23 heavy (non-hydrogen) atoms. The van der Waals surface area contributed by atoms with E-state index in [0.29, 0.717) is 10.2 Å². The minimum Gasteiger partial charge on any atom is -0.346 e. The first-order chi connectivity index (χ1) is 10.8. The standard InChI is InChI=1S/C13H12F3N3O2S2/c1-2-4-19-11(21)8-3-5-22-10(8)18-12(19)23-6-9(20)17-7-13(14,15)16/h2-3,5H,1,4,6-7H2,(H,17,20). The third-order valence-electron chi connectivity index (χ3n) is 2.68. The number of alkyl halides is 3. The SMILES string of the molecule is C=CCn1c(SCC(=O)NCC(F)(F)F)nc2sccc2c1=O. The molecule has 0 atom stereocenters. The molecule has 0 radical (unpaired) electrons. The van der Waals surface area contributed by atoms with Crippen molar-refractivity contribution < 1.29 is 18.0 Å². The van der Waals surface area contributed by atoms with Crippen molar-refractivity contribution in [3.8, 4) is 0 Å². The molecule has 2 heterocycles. The van der Waals surface area contributed by atoms with Crippen LogP contribution in [0.1, 0.15) is 0 Å². The van der Waals surface area contributed by atoms with Crippen LogP contribution in [0.3, 0.4) is 0 Å². The van der Waals surface area contributed by atoms with Gasteiger partial charge in [0.25, 0.3) is 5.56 Å². The first-order valence-corrected chi connectivity index (χ1v) is 8.23. The highest BCUT2D eigenvalue weighted by Gasteiger charge is 2.27. The Hall–Kier alpha value is -1.81. The average molecular weight is 363 g/mol. The average Bonchev–Trinajstić information content (AvgIpc) is 2.94. The van der Waals surface area contributed by atoms with Crippen molar-refractivity contribution in [1.29, 1.82) is 0 Å². The van der Waals surface area contributed by atoms with E-state index in [0.717, 1.165) is 11.8 Å². The van der Waals surface area contributed by atoms with Crippen LogP contribution >= 0.6 is 23.1 Å². The summed E-state index contributed by atoms with van der Waals surface area (Å²) in [6, 6.07) is 1.65. The van der Waals surface area contributed by atoms with Gasteiger partial charge in [-0.3, -0.25) is 14.2 Å². The lowest BCUT2D eigenvalue weighted by molar-refractivity contribution is -0.136. The van der Waals surface area contributed by atoms with Crippen LogP contribution in [-0.4, -0.2) is 33.9 Å². The van der Waals surface area contributed by atoms with Gasteiger partial charge in [0.2, 0.25) is 5.91 Å². The molecule has 0 unspecified atom stereocenters. The van der Waals surface area contributed by atoms with Crippen molar-refractivity contribution in [2.75, 3.05) is 12.3 Å². The van der Waals surface area contributed by atoms with Crippen LogP contribution in [0.25, 0.3) is 10.2 Å². The summed E-state index contributed by atoms with van der Waals surface area (Å²) in [5.41, 5.74) is -0.269. The summed E-state index contributed by atoms with van der Waals surface area (Å²) in [7, 11) is 0. The lowest BCUT2D eigenvalue weighted by Crippen LogP contribution is -2.35. The molecule has 0 bridgehead atoms. The number of nitrogens with one attached hydrogen (secondary N) is 1. The molecule has 124 valence electrons. The van der Waals surface area contributed by atoms with Gasteiger partial charge in [0, 0.05) is 6.54 Å². The van der Waals surface area contributed by atoms with Crippen molar-refractivity contribution in [3.05, 3.63) is 34.5 Å². The molecule has 2 aromatic heterocycles. The Morgan fingerprint density at radius 3 is 2.91 bits per heavy atom. The molecule has 1 amide bonds. The number of thioether (sulfide) groups is 1. The van der Waals surface area contributed by atoms with Gasteiger partial charge >= 0.3 is 6.18 Å². The summed E-state index contributed by atoms with van der Waals surface area (Å²) in [4.78, 5) is 28.6. The number of thiophene rings is 1. The van der Waals surface area contributed by atoms with E-state index in [4.69, 9.17) is 0 Å². The van der Waals surface area contributed by atoms with Gasteiger partial charge in [-0.1, -0.05) is 17.8 Å². The fraction of sp³-hybridized carbons (Fsp3) is 0.308. The molecule has 0 aliphatic rings. The molecule has 0 aliphatic carbocycles. The second-order valence-electron chi connectivity index (χ2n) is 4.42. The van der Waals surface area contributed by atoms with Gasteiger partial charge in [-0.15, -0.1) is 17.9 Å². The zero-order valence-electron chi connectivity index (χ0n) is 11.7. The number of halogens is 3. The van der Waals surface area contributed by atoms with Gasteiger partial charge in [-0.05, 0) is 11.4 Å². The number of amides is 1. The largest absolute Gasteiger partial charge is 0.405 e. The fourth-order valence-corrected chi connectivity index (χ4v) is 3.35. The van der Waals surface area contributed by atoms with Crippen LogP contribution in [0.2, 0.25) is 0 Å². The third kappa shape index (κ3) is 4.58. The predicted octanol–water partition coefficient (Wildman–Crippen LogP) is 2.41. The molecular weight excluding hydrogens is 351 g/mol. The van der Waals surface area contributed by atoms with E-state index in [-0.39, 0.29) is 23.0 Å². The van der Waals surface area contributed by atoms with Gasteiger partial charge in [-0.2, -0.15) is 13.2 Å². The molecule has 10 heteroatoms. The molecule has 0 fully saturated rings. The minimum absolute atomic E-state index is 0.199. The second-order valence-corrected chi connectivity index (χ2v) is 6.26. The van der Waals surface area contributed by atoms with E-state index in [9.17, 15) is 22.8 Å². The van der Waals surface area contributed by atoms with Crippen LogP contribution in [0, 0.1) is 0 Å². The zero-order valence-corrected chi connectivity index (χ0v) is 13.4. The number of aromatic nitrogens is 2. The molecule has 0 spiro atoms. The second kappa shape index (κ2) is 7.18. The fourth-order valence-electron chi connectivity index (χ4n) is 1.71. The Labute approximate surface area is 137 Å². The first-order valence-electron chi connectivity index (χ1n) is 6.37. The zero-order chi connectivity index (χ0) is 17.0. The maximum Gasteiger partial charge on any atom is 0.405 e. The van der Waals surface area contributed by atoms with E-state index in [1.807, 2.05) is 0 Å². The van der Waals surface area contributed by atoms with Crippen molar-refractivity contribution in [3.63, 3.8) is 0 Å². The van der Waals surface area contributed by atoms with E-state index >= 15 is 0 Å². The van der Waals surface area contributed by atoms with Crippen LogP contribution in [0.15, 0.2) is 34.1 Å². The number of carbonyl (C=O) groups is 1. The number of carbonyl (C=O) groups excluding carboxylic acids is 1. The number of allylic oxidation sites excluding steroid dienone is 1. The maximum absolute atomic E-state index is 12.3. The third-order valence-corrected chi connectivity index (χ3v) is 4.46. The number of nitrogens with zero attached hydrogens (tertiary/aromatic N) is 2. The summed E-state index contributed by atoms with van der Waals surface area (Å²) in [6.45, 7) is 2.37.